The summed E-state index contributed by atoms with van der Waals surface area (Å²) >= 11 is 3.07. The van der Waals surface area contributed by atoms with Gasteiger partial charge in [0, 0.05) is 17.3 Å². The highest BCUT2D eigenvalue weighted by Gasteiger charge is 2.49. The summed E-state index contributed by atoms with van der Waals surface area (Å²) in [7, 11) is 0. The fraction of sp³-hybridized carbons (Fsp3) is 0.588. The summed E-state index contributed by atoms with van der Waals surface area (Å²) in [6.07, 6.45) is 3.94. The highest BCUT2D eigenvalue weighted by atomic mass is 79.9. The molecule has 2 fully saturated rings. The lowest BCUT2D eigenvalue weighted by atomic mass is 10.1. The molecule has 0 aromatic heterocycles. The molecule has 0 bridgehead atoms. The van der Waals surface area contributed by atoms with E-state index in [2.05, 4.69) is 21.2 Å². The number of nitrogens with zero attached hydrogens (tertiary/aromatic N) is 1. The van der Waals surface area contributed by atoms with E-state index in [-0.39, 0.29) is 22.1 Å². The molecule has 0 spiro atoms. The van der Waals surface area contributed by atoms with Gasteiger partial charge in [0.05, 0.1) is 18.6 Å². The van der Waals surface area contributed by atoms with Crippen LogP contribution in [0.4, 0.5) is 8.78 Å². The van der Waals surface area contributed by atoms with Gasteiger partial charge in [-0.3, -0.25) is 4.48 Å². The van der Waals surface area contributed by atoms with Crippen LogP contribution in [0.5, 0.6) is 0 Å². The van der Waals surface area contributed by atoms with Gasteiger partial charge in [-0.25, -0.2) is 13.6 Å². The minimum atomic E-state index is -0.780. The lowest BCUT2D eigenvalue weighted by Crippen LogP contribution is -2.59. The number of hydrogen-bond donors (Lipinski definition) is 1. The molecule has 0 aliphatic carbocycles. The molecule has 3 rings (SSSR count). The first-order chi connectivity index (χ1) is 10.9. The first-order valence-corrected chi connectivity index (χ1v) is 9.03. The van der Waals surface area contributed by atoms with E-state index in [1.54, 1.807) is 0 Å². The Hall–Kier alpha value is -0.850. The van der Waals surface area contributed by atoms with E-state index >= 15 is 0 Å². The zero-order valence-corrected chi connectivity index (χ0v) is 14.8. The number of likely N-dealkylation sites (tertiary alicyclic amines) is 1. The number of rotatable bonds is 3. The van der Waals surface area contributed by atoms with Crippen LogP contribution >= 0.6 is 15.9 Å². The Kier molecular flexibility index (Phi) is 4.85. The number of carbonyl (C=O) groups is 1. The van der Waals surface area contributed by atoms with Crippen molar-refractivity contribution in [2.45, 2.75) is 44.7 Å². The van der Waals surface area contributed by atoms with Crippen LogP contribution in [0.3, 0.4) is 0 Å². The molecule has 2 heterocycles. The number of amides is 1. The maximum atomic E-state index is 14.3. The monoisotopic (exact) mass is 387 g/mol. The SMILES string of the molecule is C[C@@H]1CCC[N+]1(C[C@@H]1CCCN1)C(=O)c1c(F)cc(Br)cc1F. The fourth-order valence-corrected chi connectivity index (χ4v) is 4.47. The summed E-state index contributed by atoms with van der Waals surface area (Å²) in [6, 6.07) is 2.68. The van der Waals surface area contributed by atoms with E-state index < -0.39 is 17.5 Å². The second kappa shape index (κ2) is 6.57. The number of carbonyl (C=O) groups excluding carboxylic acids is 1. The van der Waals surface area contributed by atoms with Crippen LogP contribution in [0.2, 0.25) is 0 Å². The van der Waals surface area contributed by atoms with Gasteiger partial charge in [-0.1, -0.05) is 15.9 Å². The van der Waals surface area contributed by atoms with Gasteiger partial charge in [0.25, 0.3) is 0 Å². The lowest BCUT2D eigenvalue weighted by Gasteiger charge is -2.38. The van der Waals surface area contributed by atoms with Crippen LogP contribution < -0.4 is 5.32 Å². The van der Waals surface area contributed by atoms with Crippen LogP contribution in [0, 0.1) is 11.6 Å². The molecule has 2 aliphatic rings. The van der Waals surface area contributed by atoms with Gasteiger partial charge in [-0.15, -0.1) is 0 Å². The summed E-state index contributed by atoms with van der Waals surface area (Å²) in [4.78, 5) is 13.2. The van der Waals surface area contributed by atoms with Crippen LogP contribution in [0.15, 0.2) is 16.6 Å². The molecule has 2 saturated heterocycles. The van der Waals surface area contributed by atoms with E-state index in [4.69, 9.17) is 0 Å². The highest BCUT2D eigenvalue weighted by molar-refractivity contribution is 9.10. The number of quaternary nitrogens is 1. The van der Waals surface area contributed by atoms with Crippen molar-refractivity contribution in [3.8, 4) is 0 Å². The van der Waals surface area contributed by atoms with Crippen LogP contribution in [0.25, 0.3) is 0 Å². The lowest BCUT2D eigenvalue weighted by molar-refractivity contribution is -0.860. The number of benzene rings is 1. The second-order valence-corrected chi connectivity index (χ2v) is 7.69. The molecular weight excluding hydrogens is 366 g/mol. The molecule has 1 unspecified atom stereocenters. The zero-order valence-electron chi connectivity index (χ0n) is 13.2. The van der Waals surface area contributed by atoms with E-state index in [0.29, 0.717) is 17.6 Å². The molecule has 0 saturated carbocycles. The van der Waals surface area contributed by atoms with Gasteiger partial charge in [0.15, 0.2) is 5.56 Å². The first kappa shape index (κ1) is 17.0. The molecule has 3 atom stereocenters. The smallest absolute Gasteiger partial charge is 0.309 e. The predicted molar refractivity (Wildman–Crippen MR) is 88.1 cm³/mol. The van der Waals surface area contributed by atoms with Crippen LogP contribution in [0.1, 0.15) is 43.0 Å². The average molecular weight is 388 g/mol. The topological polar surface area (TPSA) is 29.1 Å². The third-order valence-corrected chi connectivity index (χ3v) is 5.81. The highest BCUT2D eigenvalue weighted by Crippen LogP contribution is 2.33. The molecule has 1 aromatic rings. The standard InChI is InChI=1S/C17H22BrF2N2O/c1-11-4-3-7-22(11,10-13-5-2-6-21-13)17(23)16-14(19)8-12(18)9-15(16)20/h8-9,11,13,21H,2-7,10H2,1H3/q+1/t11-,13+,22?/m1/s1. The van der Waals surface area contributed by atoms with Gasteiger partial charge in [-0.2, -0.15) is 0 Å². The van der Waals surface area contributed by atoms with E-state index in [0.717, 1.165) is 32.2 Å². The van der Waals surface area contributed by atoms with Crippen molar-refractivity contribution >= 4 is 21.8 Å². The summed E-state index contributed by atoms with van der Waals surface area (Å²) in [5.41, 5.74) is -0.389. The van der Waals surface area contributed by atoms with Crippen LogP contribution in [-0.2, 0) is 0 Å². The summed E-state index contributed by atoms with van der Waals surface area (Å²) < 4.78 is 29.1. The minimum Gasteiger partial charge on any atom is -0.309 e. The molecule has 1 amide bonds. The van der Waals surface area contributed by atoms with Crippen molar-refractivity contribution in [3.63, 3.8) is 0 Å². The number of nitrogens with one attached hydrogen (secondary N) is 1. The number of halogens is 3. The molecule has 0 radical (unpaired) electrons. The Labute approximate surface area is 143 Å². The molecule has 1 aromatic carbocycles. The number of hydrogen-bond acceptors (Lipinski definition) is 2. The largest absolute Gasteiger partial charge is 0.352 e. The Bertz CT molecular complexity index is 596. The third-order valence-electron chi connectivity index (χ3n) is 5.36. The Balaban J connectivity index is 1.98. The summed E-state index contributed by atoms with van der Waals surface area (Å²) in [5, 5.41) is 3.41. The molecular formula is C17H22BrF2N2O+. The first-order valence-electron chi connectivity index (χ1n) is 8.23. The summed E-state index contributed by atoms with van der Waals surface area (Å²) in [5.74, 6) is -1.97. The molecule has 6 heteroatoms. The molecule has 3 nitrogen and oxygen atoms in total. The van der Waals surface area contributed by atoms with E-state index in [1.165, 1.54) is 12.1 Å². The van der Waals surface area contributed by atoms with Gasteiger partial charge < -0.3 is 5.32 Å². The molecule has 23 heavy (non-hydrogen) atoms. The Morgan fingerprint density at radius 3 is 2.52 bits per heavy atom. The van der Waals surface area contributed by atoms with E-state index in [9.17, 15) is 13.6 Å². The Morgan fingerprint density at radius 2 is 2.00 bits per heavy atom. The average Bonchev–Trinajstić information content (AvgIpc) is 3.09. The van der Waals surface area contributed by atoms with E-state index in [1.807, 2.05) is 6.92 Å². The van der Waals surface area contributed by atoms with Gasteiger partial charge in [-0.05, 0) is 38.4 Å². The Morgan fingerprint density at radius 1 is 1.30 bits per heavy atom. The van der Waals surface area contributed by atoms with Crippen molar-refractivity contribution in [2.24, 2.45) is 0 Å². The fourth-order valence-electron chi connectivity index (χ4n) is 4.07. The van der Waals surface area contributed by atoms with Gasteiger partial charge >= 0.3 is 5.91 Å². The van der Waals surface area contributed by atoms with Crippen molar-refractivity contribution < 1.29 is 18.1 Å². The van der Waals surface area contributed by atoms with Crippen molar-refractivity contribution in [3.05, 3.63) is 33.8 Å². The van der Waals surface area contributed by atoms with Crippen molar-refractivity contribution in [2.75, 3.05) is 19.6 Å². The minimum absolute atomic E-state index is 0.0901. The van der Waals surface area contributed by atoms with Gasteiger partial charge in [0.2, 0.25) is 0 Å². The quantitative estimate of drug-likeness (QED) is 0.802. The molecule has 126 valence electrons. The molecule has 1 N–H and O–H groups in total. The maximum Gasteiger partial charge on any atom is 0.352 e. The zero-order chi connectivity index (χ0) is 16.6. The predicted octanol–water partition coefficient (Wildman–Crippen LogP) is 3.62. The van der Waals surface area contributed by atoms with Crippen molar-refractivity contribution in [1.29, 1.82) is 0 Å². The molecule has 2 aliphatic heterocycles. The second-order valence-electron chi connectivity index (χ2n) is 6.77. The maximum absolute atomic E-state index is 14.3. The normalized spacial score (nSPS) is 30.8. The summed E-state index contributed by atoms with van der Waals surface area (Å²) in [6.45, 7) is 4.25. The van der Waals surface area contributed by atoms with Crippen molar-refractivity contribution in [1.82, 2.24) is 5.32 Å². The van der Waals surface area contributed by atoms with Gasteiger partial charge in [0.1, 0.15) is 18.2 Å². The third kappa shape index (κ3) is 3.08. The van der Waals surface area contributed by atoms with Crippen LogP contribution in [-0.4, -0.2) is 42.1 Å².